The molecule has 0 aliphatic carbocycles. The van der Waals surface area contributed by atoms with E-state index in [0.29, 0.717) is 12.4 Å². The minimum absolute atomic E-state index is 0.0215. The zero-order valence-corrected chi connectivity index (χ0v) is 17.7. The molecular formula is C24H29N5O. The zero-order chi connectivity index (χ0) is 20.9. The number of hydrogen-bond acceptors (Lipinski definition) is 5. The Labute approximate surface area is 178 Å². The van der Waals surface area contributed by atoms with Crippen LogP contribution in [0.1, 0.15) is 25.3 Å². The lowest BCUT2D eigenvalue weighted by Gasteiger charge is -2.33. The van der Waals surface area contributed by atoms with Crippen molar-refractivity contribution in [1.29, 1.82) is 0 Å². The van der Waals surface area contributed by atoms with Gasteiger partial charge in [-0.05, 0) is 31.2 Å². The molecule has 30 heavy (non-hydrogen) atoms. The Kier molecular flexibility index (Phi) is 6.35. The van der Waals surface area contributed by atoms with Gasteiger partial charge in [-0.3, -0.25) is 14.7 Å². The van der Waals surface area contributed by atoms with Crippen molar-refractivity contribution >= 4 is 28.8 Å². The number of amides is 1. The number of benzene rings is 2. The fourth-order valence-corrected chi connectivity index (χ4v) is 4.09. The Bertz CT molecular complexity index is 945. The van der Waals surface area contributed by atoms with Gasteiger partial charge in [-0.2, -0.15) is 0 Å². The van der Waals surface area contributed by atoms with Gasteiger partial charge in [-0.15, -0.1) is 0 Å². The van der Waals surface area contributed by atoms with Crippen LogP contribution in [-0.2, 0) is 4.79 Å². The fraction of sp³-hybridized carbons (Fsp3) is 0.375. The van der Waals surface area contributed by atoms with Gasteiger partial charge in [0, 0.05) is 31.9 Å². The van der Waals surface area contributed by atoms with E-state index in [9.17, 15) is 4.79 Å². The van der Waals surface area contributed by atoms with E-state index >= 15 is 0 Å². The Morgan fingerprint density at radius 2 is 1.53 bits per heavy atom. The normalized spacial score (nSPS) is 20.0. The van der Waals surface area contributed by atoms with Crippen molar-refractivity contribution in [2.45, 2.75) is 19.8 Å². The molecule has 2 heterocycles. The van der Waals surface area contributed by atoms with E-state index in [4.69, 9.17) is 9.98 Å². The molecule has 156 valence electrons. The van der Waals surface area contributed by atoms with E-state index in [1.165, 1.54) is 0 Å². The molecule has 2 aromatic rings. The standard InChI is InChI=1S/C24H29N5O/c1-3-28-13-15-29(16-14-28)17-22(30)27-24-23(19-9-5-4-6-10-19)18(2)25-20-11-7-8-12-21(20)26-24/h4-12,23H,3,13-17H2,1-2H3,(H,26,27,30)/t23-/m1/s1. The Hall–Kier alpha value is -2.83. The fourth-order valence-electron chi connectivity index (χ4n) is 4.09. The maximum Gasteiger partial charge on any atom is 0.239 e. The van der Waals surface area contributed by atoms with Crippen LogP contribution in [0.2, 0.25) is 0 Å². The molecule has 0 radical (unpaired) electrons. The molecule has 6 nitrogen and oxygen atoms in total. The first-order valence-electron chi connectivity index (χ1n) is 10.7. The third kappa shape index (κ3) is 4.66. The molecule has 0 saturated carbocycles. The Morgan fingerprint density at radius 1 is 0.933 bits per heavy atom. The van der Waals surface area contributed by atoms with Crippen LogP contribution in [-0.4, -0.2) is 66.5 Å². The highest BCUT2D eigenvalue weighted by Gasteiger charge is 2.27. The van der Waals surface area contributed by atoms with E-state index in [0.717, 1.165) is 55.4 Å². The molecule has 0 spiro atoms. The monoisotopic (exact) mass is 403 g/mol. The van der Waals surface area contributed by atoms with Gasteiger partial charge in [0.15, 0.2) is 0 Å². The van der Waals surface area contributed by atoms with Crippen molar-refractivity contribution in [2.75, 3.05) is 39.3 Å². The number of carbonyl (C=O) groups is 1. The summed E-state index contributed by atoms with van der Waals surface area (Å²) in [7, 11) is 0. The topological polar surface area (TPSA) is 60.3 Å². The van der Waals surface area contributed by atoms with Crippen molar-refractivity contribution in [3.63, 3.8) is 0 Å². The Morgan fingerprint density at radius 3 is 2.20 bits per heavy atom. The number of carbonyl (C=O) groups excluding carboxylic acids is 1. The SMILES string of the molecule is CCN1CCN(CC(=O)NC2=Nc3ccccc3N=C(C)[C@@H]2c2ccccc2)CC1. The smallest absolute Gasteiger partial charge is 0.239 e. The van der Waals surface area contributed by atoms with E-state index in [1.807, 2.05) is 49.4 Å². The Balaban J connectivity index is 1.57. The highest BCUT2D eigenvalue weighted by molar-refractivity contribution is 6.17. The number of fused-ring (bicyclic) bond motifs is 1. The number of nitrogens with one attached hydrogen (secondary N) is 1. The van der Waals surface area contributed by atoms with Gasteiger partial charge in [-0.1, -0.05) is 49.4 Å². The van der Waals surface area contributed by atoms with Crippen LogP contribution in [0.25, 0.3) is 0 Å². The highest BCUT2D eigenvalue weighted by Crippen LogP contribution is 2.34. The second kappa shape index (κ2) is 9.32. The number of para-hydroxylation sites is 2. The summed E-state index contributed by atoms with van der Waals surface area (Å²) < 4.78 is 0. The van der Waals surface area contributed by atoms with Crippen LogP contribution < -0.4 is 5.32 Å². The van der Waals surface area contributed by atoms with Crippen LogP contribution >= 0.6 is 0 Å². The molecule has 2 aromatic carbocycles. The molecule has 0 aromatic heterocycles. The molecule has 0 unspecified atom stereocenters. The second-order valence-corrected chi connectivity index (χ2v) is 7.84. The molecular weight excluding hydrogens is 374 g/mol. The zero-order valence-electron chi connectivity index (χ0n) is 17.7. The number of hydrogen-bond donors (Lipinski definition) is 1. The van der Waals surface area contributed by atoms with Gasteiger partial charge in [0.05, 0.1) is 23.8 Å². The number of nitrogens with zero attached hydrogens (tertiary/aromatic N) is 4. The van der Waals surface area contributed by atoms with Gasteiger partial charge < -0.3 is 10.2 Å². The predicted molar refractivity (Wildman–Crippen MR) is 122 cm³/mol. The first kappa shape index (κ1) is 20.4. The lowest BCUT2D eigenvalue weighted by Crippen LogP contribution is -2.50. The van der Waals surface area contributed by atoms with Gasteiger partial charge in [0.1, 0.15) is 5.84 Å². The highest BCUT2D eigenvalue weighted by atomic mass is 16.2. The molecule has 2 aliphatic heterocycles. The van der Waals surface area contributed by atoms with E-state index < -0.39 is 0 Å². The van der Waals surface area contributed by atoms with Crippen LogP contribution in [0, 0.1) is 0 Å². The first-order chi connectivity index (χ1) is 14.6. The molecule has 1 fully saturated rings. The van der Waals surface area contributed by atoms with Crippen molar-refractivity contribution < 1.29 is 4.79 Å². The summed E-state index contributed by atoms with van der Waals surface area (Å²) in [6.07, 6.45) is 0. The summed E-state index contributed by atoms with van der Waals surface area (Å²) in [4.78, 5) is 27.2. The van der Waals surface area contributed by atoms with Crippen molar-refractivity contribution in [2.24, 2.45) is 9.98 Å². The summed E-state index contributed by atoms with van der Waals surface area (Å²) in [5.41, 5.74) is 3.60. The van der Waals surface area contributed by atoms with Gasteiger partial charge in [0.2, 0.25) is 5.91 Å². The molecule has 0 bridgehead atoms. The largest absolute Gasteiger partial charge is 0.312 e. The summed E-state index contributed by atoms with van der Waals surface area (Å²) in [6, 6.07) is 17.9. The maximum atomic E-state index is 13.0. The molecule has 1 N–H and O–H groups in total. The van der Waals surface area contributed by atoms with E-state index in [-0.39, 0.29) is 11.8 Å². The first-order valence-corrected chi connectivity index (χ1v) is 10.7. The van der Waals surface area contributed by atoms with Crippen LogP contribution in [0.15, 0.2) is 64.6 Å². The van der Waals surface area contributed by atoms with Gasteiger partial charge >= 0.3 is 0 Å². The van der Waals surface area contributed by atoms with Gasteiger partial charge in [0.25, 0.3) is 0 Å². The minimum Gasteiger partial charge on any atom is -0.312 e. The van der Waals surface area contributed by atoms with Crippen molar-refractivity contribution in [1.82, 2.24) is 15.1 Å². The lowest BCUT2D eigenvalue weighted by molar-refractivity contribution is -0.121. The van der Waals surface area contributed by atoms with Crippen LogP contribution in [0.4, 0.5) is 11.4 Å². The minimum atomic E-state index is -0.181. The summed E-state index contributed by atoms with van der Waals surface area (Å²) in [5, 5.41) is 3.13. The third-order valence-electron chi connectivity index (χ3n) is 5.79. The number of piperazine rings is 1. The van der Waals surface area contributed by atoms with Crippen LogP contribution in [0.5, 0.6) is 0 Å². The van der Waals surface area contributed by atoms with Gasteiger partial charge in [-0.25, -0.2) is 4.99 Å². The molecule has 1 amide bonds. The number of rotatable bonds is 4. The summed E-state index contributed by atoms with van der Waals surface area (Å²) in [6.45, 7) is 9.48. The van der Waals surface area contributed by atoms with E-state index in [2.05, 4.69) is 34.2 Å². The average molecular weight is 404 g/mol. The summed E-state index contributed by atoms with van der Waals surface area (Å²) >= 11 is 0. The molecule has 1 saturated heterocycles. The van der Waals surface area contributed by atoms with Crippen molar-refractivity contribution in [3.8, 4) is 0 Å². The second-order valence-electron chi connectivity index (χ2n) is 7.84. The maximum absolute atomic E-state index is 13.0. The third-order valence-corrected chi connectivity index (χ3v) is 5.79. The lowest BCUT2D eigenvalue weighted by atomic mass is 9.93. The van der Waals surface area contributed by atoms with Crippen molar-refractivity contribution in [3.05, 3.63) is 60.2 Å². The molecule has 1 atom stereocenters. The molecule has 6 heteroatoms. The number of amidine groups is 1. The predicted octanol–water partition coefficient (Wildman–Crippen LogP) is 3.36. The summed E-state index contributed by atoms with van der Waals surface area (Å²) in [5.74, 6) is 0.441. The molecule has 2 aliphatic rings. The quantitative estimate of drug-likeness (QED) is 0.852. The average Bonchev–Trinajstić information content (AvgIpc) is 2.90. The van der Waals surface area contributed by atoms with Crippen LogP contribution in [0.3, 0.4) is 0 Å². The number of likely N-dealkylation sites (N-methyl/N-ethyl adjacent to an activating group) is 1. The van der Waals surface area contributed by atoms with E-state index in [1.54, 1.807) is 0 Å². The number of aliphatic imine (C=N–C) groups is 2. The molecule has 4 rings (SSSR count).